The van der Waals surface area contributed by atoms with Crippen LogP contribution in [0, 0.1) is 5.92 Å². The number of fused-ring (bicyclic) bond motifs is 1. The van der Waals surface area contributed by atoms with Crippen molar-refractivity contribution in [1.82, 2.24) is 24.6 Å². The van der Waals surface area contributed by atoms with E-state index in [4.69, 9.17) is 4.52 Å². The number of aryl methyl sites for hydroxylation is 1. The molecule has 0 N–H and O–H groups in total. The second-order valence-electron chi connectivity index (χ2n) is 7.00. The third-order valence-electron chi connectivity index (χ3n) is 4.34. The van der Waals surface area contributed by atoms with Gasteiger partial charge in [0.25, 0.3) is 0 Å². The molecule has 0 amide bonds. The van der Waals surface area contributed by atoms with Crippen LogP contribution in [-0.2, 0) is 25.7 Å². The van der Waals surface area contributed by atoms with Gasteiger partial charge in [-0.1, -0.05) is 19.0 Å². The molecule has 0 aliphatic carbocycles. The molecule has 1 aliphatic rings. The minimum absolute atomic E-state index is 0.187. The summed E-state index contributed by atoms with van der Waals surface area (Å²) in [5, 5.41) is 3.97. The van der Waals surface area contributed by atoms with Crippen molar-refractivity contribution in [2.75, 3.05) is 13.6 Å². The van der Waals surface area contributed by atoms with Gasteiger partial charge in [0.15, 0.2) is 11.5 Å². The maximum absolute atomic E-state index is 12.8. The van der Waals surface area contributed by atoms with E-state index in [1.807, 2.05) is 20.9 Å². The summed E-state index contributed by atoms with van der Waals surface area (Å²) in [6.45, 7) is 5.83. The van der Waals surface area contributed by atoms with E-state index in [1.165, 1.54) is 0 Å². The average Bonchev–Trinajstić information content (AvgIpc) is 3.12. The van der Waals surface area contributed by atoms with Crippen molar-refractivity contribution in [3.63, 3.8) is 0 Å². The van der Waals surface area contributed by atoms with Gasteiger partial charge in [-0.25, -0.2) is 4.98 Å². The Morgan fingerprint density at radius 2 is 2.12 bits per heavy atom. The summed E-state index contributed by atoms with van der Waals surface area (Å²) in [5.41, 5.74) is -0.801. The maximum atomic E-state index is 12.8. The number of alkyl halides is 3. The van der Waals surface area contributed by atoms with E-state index in [9.17, 15) is 13.2 Å². The monoisotopic (exact) mass is 357 g/mol. The number of nitrogens with zero attached hydrogens (tertiary/aromatic N) is 5. The molecule has 9 heteroatoms. The van der Waals surface area contributed by atoms with Crippen LogP contribution in [0.25, 0.3) is 0 Å². The van der Waals surface area contributed by atoms with Crippen molar-refractivity contribution >= 4 is 0 Å². The Morgan fingerprint density at radius 1 is 1.36 bits per heavy atom. The van der Waals surface area contributed by atoms with Gasteiger partial charge in [0.2, 0.25) is 5.89 Å². The fourth-order valence-corrected chi connectivity index (χ4v) is 3.11. The zero-order valence-electron chi connectivity index (χ0n) is 14.5. The van der Waals surface area contributed by atoms with Gasteiger partial charge in [0.1, 0.15) is 5.82 Å². The van der Waals surface area contributed by atoms with Crippen molar-refractivity contribution in [3.8, 4) is 0 Å². The fraction of sp³-hybridized carbons (Fsp3) is 0.688. The van der Waals surface area contributed by atoms with E-state index in [1.54, 1.807) is 4.57 Å². The summed E-state index contributed by atoms with van der Waals surface area (Å²) in [6.07, 6.45) is -1.88. The lowest BCUT2D eigenvalue weighted by Crippen LogP contribution is -2.31. The SMILES string of the molecule is CC(C)c1nc(CN(C)C[C@H]2CCc3nc(C(F)(F)F)cn3C2)no1. The van der Waals surface area contributed by atoms with Crippen LogP contribution in [0.5, 0.6) is 0 Å². The van der Waals surface area contributed by atoms with Gasteiger partial charge < -0.3 is 9.09 Å². The highest BCUT2D eigenvalue weighted by Gasteiger charge is 2.35. The molecule has 1 atom stereocenters. The number of hydrogen-bond donors (Lipinski definition) is 0. The predicted molar refractivity (Wildman–Crippen MR) is 83.8 cm³/mol. The first-order chi connectivity index (χ1) is 11.7. The van der Waals surface area contributed by atoms with Crippen LogP contribution < -0.4 is 0 Å². The van der Waals surface area contributed by atoms with Crippen LogP contribution in [0.1, 0.15) is 49.4 Å². The van der Waals surface area contributed by atoms with Gasteiger partial charge in [-0.15, -0.1) is 0 Å². The standard InChI is InChI=1S/C16H22F3N5O/c1-10(2)15-21-13(22-25-15)9-23(3)6-11-4-5-14-20-12(16(17,18)19)8-24(14)7-11/h8,10-11H,4-7,9H2,1-3H3/t11-/m1/s1. The Kier molecular flexibility index (Phi) is 4.86. The minimum Gasteiger partial charge on any atom is -0.339 e. The van der Waals surface area contributed by atoms with Gasteiger partial charge in [-0.2, -0.15) is 18.2 Å². The zero-order chi connectivity index (χ0) is 18.2. The van der Waals surface area contributed by atoms with Crippen LogP contribution in [0.15, 0.2) is 10.7 Å². The molecule has 0 saturated heterocycles. The number of halogens is 3. The number of aromatic nitrogens is 4. The molecule has 6 nitrogen and oxygen atoms in total. The Balaban J connectivity index is 1.57. The number of imidazole rings is 1. The largest absolute Gasteiger partial charge is 0.434 e. The summed E-state index contributed by atoms with van der Waals surface area (Å²) < 4.78 is 45.2. The third-order valence-corrected chi connectivity index (χ3v) is 4.34. The number of hydrogen-bond acceptors (Lipinski definition) is 5. The molecular weight excluding hydrogens is 335 g/mol. The van der Waals surface area contributed by atoms with Crippen LogP contribution in [0.3, 0.4) is 0 Å². The molecule has 0 unspecified atom stereocenters. The molecule has 3 heterocycles. The van der Waals surface area contributed by atoms with Crippen molar-refractivity contribution in [2.24, 2.45) is 5.92 Å². The smallest absolute Gasteiger partial charge is 0.339 e. The van der Waals surface area contributed by atoms with Crippen LogP contribution in [0.4, 0.5) is 13.2 Å². The highest BCUT2D eigenvalue weighted by Crippen LogP contribution is 2.30. The number of rotatable bonds is 5. The van der Waals surface area contributed by atoms with Crippen molar-refractivity contribution in [3.05, 3.63) is 29.4 Å². The van der Waals surface area contributed by atoms with E-state index >= 15 is 0 Å². The highest BCUT2D eigenvalue weighted by molar-refractivity contribution is 5.10. The minimum atomic E-state index is -4.39. The normalized spacial score (nSPS) is 18.2. The Labute approximate surface area is 144 Å². The summed E-state index contributed by atoms with van der Waals surface area (Å²) in [7, 11) is 1.95. The molecule has 25 heavy (non-hydrogen) atoms. The Bertz CT molecular complexity index is 722. The molecule has 0 aromatic carbocycles. The molecule has 2 aromatic rings. The van der Waals surface area contributed by atoms with Crippen molar-refractivity contribution in [2.45, 2.75) is 51.9 Å². The lowest BCUT2D eigenvalue weighted by Gasteiger charge is -2.27. The second-order valence-corrected chi connectivity index (χ2v) is 7.00. The van der Waals surface area contributed by atoms with E-state index in [2.05, 4.69) is 20.0 Å². The van der Waals surface area contributed by atoms with E-state index < -0.39 is 11.9 Å². The maximum Gasteiger partial charge on any atom is 0.434 e. The first-order valence-corrected chi connectivity index (χ1v) is 8.36. The van der Waals surface area contributed by atoms with Gasteiger partial charge in [-0.05, 0) is 19.4 Å². The highest BCUT2D eigenvalue weighted by atomic mass is 19.4. The summed E-state index contributed by atoms with van der Waals surface area (Å²) in [6, 6.07) is 0. The van der Waals surface area contributed by atoms with Gasteiger partial charge in [-0.3, -0.25) is 4.90 Å². The quantitative estimate of drug-likeness (QED) is 0.823. The van der Waals surface area contributed by atoms with Gasteiger partial charge in [0.05, 0.1) is 6.54 Å². The first-order valence-electron chi connectivity index (χ1n) is 8.36. The lowest BCUT2D eigenvalue weighted by atomic mass is 9.99. The van der Waals surface area contributed by atoms with Gasteiger partial charge >= 0.3 is 6.18 Å². The Morgan fingerprint density at radius 3 is 2.76 bits per heavy atom. The van der Waals surface area contributed by atoms with E-state index in [0.717, 1.165) is 19.2 Å². The molecule has 0 saturated carbocycles. The van der Waals surface area contributed by atoms with Crippen molar-refractivity contribution < 1.29 is 17.7 Å². The Hall–Kier alpha value is -1.90. The van der Waals surface area contributed by atoms with E-state index in [-0.39, 0.29) is 11.8 Å². The lowest BCUT2D eigenvalue weighted by molar-refractivity contribution is -0.141. The predicted octanol–water partition coefficient (Wildman–Crippen LogP) is 3.10. The van der Waals surface area contributed by atoms with Crippen LogP contribution in [-0.4, -0.2) is 38.2 Å². The van der Waals surface area contributed by atoms with E-state index in [0.29, 0.717) is 37.0 Å². The summed E-state index contributed by atoms with van der Waals surface area (Å²) in [4.78, 5) is 10.1. The molecule has 0 radical (unpaired) electrons. The van der Waals surface area contributed by atoms with Crippen molar-refractivity contribution in [1.29, 1.82) is 0 Å². The second kappa shape index (κ2) is 6.78. The fourth-order valence-electron chi connectivity index (χ4n) is 3.11. The van der Waals surface area contributed by atoms with Crippen LogP contribution in [0.2, 0.25) is 0 Å². The molecule has 0 spiro atoms. The third kappa shape index (κ3) is 4.20. The molecule has 0 bridgehead atoms. The molecule has 138 valence electrons. The van der Waals surface area contributed by atoms with Crippen LogP contribution >= 0.6 is 0 Å². The average molecular weight is 357 g/mol. The molecule has 0 fully saturated rings. The molecule has 3 rings (SSSR count). The van der Waals surface area contributed by atoms with Gasteiger partial charge in [0, 0.05) is 31.6 Å². The molecule has 1 aliphatic heterocycles. The summed E-state index contributed by atoms with van der Waals surface area (Å²) >= 11 is 0. The molecular formula is C16H22F3N5O. The summed E-state index contributed by atoms with van der Waals surface area (Å²) in [5.74, 6) is 2.22. The first kappa shape index (κ1) is 17.9. The zero-order valence-corrected chi connectivity index (χ0v) is 14.5. The molecule has 2 aromatic heterocycles. The topological polar surface area (TPSA) is 60.0 Å².